The Bertz CT molecular complexity index is 255. The van der Waals surface area contributed by atoms with E-state index in [9.17, 15) is 4.39 Å². The predicted octanol–water partition coefficient (Wildman–Crippen LogP) is 2.49. The Morgan fingerprint density at radius 2 is 2.31 bits per heavy atom. The van der Waals surface area contributed by atoms with E-state index in [1.807, 2.05) is 0 Å². The van der Waals surface area contributed by atoms with Crippen molar-refractivity contribution in [2.24, 2.45) is 11.8 Å². The van der Waals surface area contributed by atoms with Crippen LogP contribution in [0.5, 0.6) is 0 Å². The van der Waals surface area contributed by atoms with Gasteiger partial charge in [0.05, 0.1) is 13.2 Å². The summed E-state index contributed by atoms with van der Waals surface area (Å²) < 4.78 is 16.9. The molecular weight excluding hydrogens is 167 g/mol. The van der Waals surface area contributed by atoms with Gasteiger partial charge in [0, 0.05) is 0 Å². The van der Waals surface area contributed by atoms with Gasteiger partial charge in [-0.3, -0.25) is 0 Å². The molecule has 13 heavy (non-hydrogen) atoms. The fourth-order valence-corrected chi connectivity index (χ4v) is 1.99. The Morgan fingerprint density at radius 1 is 1.46 bits per heavy atom. The van der Waals surface area contributed by atoms with E-state index < -0.39 is 0 Å². The highest BCUT2D eigenvalue weighted by molar-refractivity contribution is 5.35. The molecule has 0 aromatic heterocycles. The average Bonchev–Trinajstić information content (AvgIpc) is 2.89. The number of allylic oxidation sites excluding steroid dienone is 3. The van der Waals surface area contributed by atoms with Gasteiger partial charge < -0.3 is 4.74 Å². The molecule has 0 aromatic rings. The molecule has 0 bridgehead atoms. The monoisotopic (exact) mass is 182 g/mol. The molecule has 0 spiro atoms. The van der Waals surface area contributed by atoms with E-state index in [1.54, 1.807) is 0 Å². The lowest BCUT2D eigenvalue weighted by Gasteiger charge is -2.11. The highest BCUT2D eigenvalue weighted by Gasteiger charge is 2.41. The maximum absolute atomic E-state index is 11.8. The van der Waals surface area contributed by atoms with Crippen LogP contribution in [0.25, 0.3) is 0 Å². The second kappa shape index (κ2) is 3.62. The van der Waals surface area contributed by atoms with Gasteiger partial charge in [-0.05, 0) is 30.8 Å². The van der Waals surface area contributed by atoms with Crippen LogP contribution in [-0.4, -0.2) is 19.9 Å². The molecular formula is C11H15FO. The summed E-state index contributed by atoms with van der Waals surface area (Å²) in [4.78, 5) is 0. The zero-order valence-corrected chi connectivity index (χ0v) is 7.92. The van der Waals surface area contributed by atoms with Gasteiger partial charge in [0.15, 0.2) is 0 Å². The minimum absolute atomic E-state index is 0.234. The predicted molar refractivity (Wildman–Crippen MR) is 50.2 cm³/mol. The highest BCUT2D eigenvalue weighted by atomic mass is 19.1. The third-order valence-corrected chi connectivity index (χ3v) is 2.90. The first kappa shape index (κ1) is 8.95. The summed E-state index contributed by atoms with van der Waals surface area (Å²) in [7, 11) is 0. The van der Waals surface area contributed by atoms with Crippen molar-refractivity contribution in [2.45, 2.75) is 13.3 Å². The highest BCUT2D eigenvalue weighted by Crippen LogP contribution is 2.50. The topological polar surface area (TPSA) is 9.23 Å². The van der Waals surface area contributed by atoms with Crippen LogP contribution in [0.2, 0.25) is 0 Å². The van der Waals surface area contributed by atoms with Crippen LogP contribution >= 0.6 is 0 Å². The van der Waals surface area contributed by atoms with Crippen LogP contribution in [0.4, 0.5) is 4.39 Å². The van der Waals surface area contributed by atoms with Crippen LogP contribution in [-0.2, 0) is 4.74 Å². The van der Waals surface area contributed by atoms with E-state index >= 15 is 0 Å². The van der Waals surface area contributed by atoms with Gasteiger partial charge in [-0.2, -0.15) is 0 Å². The number of alkyl halides is 1. The third-order valence-electron chi connectivity index (χ3n) is 2.90. The molecule has 2 aliphatic rings. The third kappa shape index (κ3) is 1.83. The van der Waals surface area contributed by atoms with E-state index in [1.165, 1.54) is 17.6 Å². The van der Waals surface area contributed by atoms with Gasteiger partial charge in [0.2, 0.25) is 0 Å². The molecule has 2 aliphatic carbocycles. The summed E-state index contributed by atoms with van der Waals surface area (Å²) in [5.74, 6) is 1.48. The Balaban J connectivity index is 1.86. The summed E-state index contributed by atoms with van der Waals surface area (Å²) in [6.07, 6.45) is 5.58. The van der Waals surface area contributed by atoms with Crippen molar-refractivity contribution in [3.8, 4) is 0 Å². The van der Waals surface area contributed by atoms with E-state index in [4.69, 9.17) is 4.74 Å². The molecule has 2 atom stereocenters. The van der Waals surface area contributed by atoms with Crippen molar-refractivity contribution in [1.82, 2.24) is 0 Å². The second-order valence-electron chi connectivity index (χ2n) is 3.84. The molecule has 2 rings (SSSR count). The summed E-state index contributed by atoms with van der Waals surface area (Å²) in [6, 6.07) is 0. The molecule has 0 amide bonds. The molecule has 2 heteroatoms. The van der Waals surface area contributed by atoms with E-state index in [-0.39, 0.29) is 13.3 Å². The van der Waals surface area contributed by atoms with Crippen LogP contribution < -0.4 is 0 Å². The quantitative estimate of drug-likeness (QED) is 0.607. The first-order valence-corrected chi connectivity index (χ1v) is 4.84. The van der Waals surface area contributed by atoms with Gasteiger partial charge >= 0.3 is 0 Å². The number of fused-ring (bicyclic) bond motifs is 1. The lowest BCUT2D eigenvalue weighted by Crippen LogP contribution is -2.05. The van der Waals surface area contributed by atoms with Crippen molar-refractivity contribution >= 4 is 0 Å². The van der Waals surface area contributed by atoms with Gasteiger partial charge in [0.1, 0.15) is 6.67 Å². The smallest absolute Gasteiger partial charge is 0.113 e. The van der Waals surface area contributed by atoms with Gasteiger partial charge in [0.25, 0.3) is 0 Å². The number of hydrogen-bond donors (Lipinski definition) is 0. The molecule has 1 saturated carbocycles. The minimum Gasteiger partial charge on any atom is -0.374 e. The molecule has 1 fully saturated rings. The molecule has 2 unspecified atom stereocenters. The summed E-state index contributed by atoms with van der Waals surface area (Å²) in [5, 5.41) is 0. The maximum atomic E-state index is 11.8. The van der Waals surface area contributed by atoms with E-state index in [0.717, 1.165) is 5.92 Å². The lowest BCUT2D eigenvalue weighted by molar-refractivity contribution is 0.135. The standard InChI is InChI=1S/C11H15FO/c1-8-2-3-9(7-13-5-4-12)11-6-10(8)11/h2-3,10-11H,4-7H2,1H3. The van der Waals surface area contributed by atoms with Crippen LogP contribution in [0, 0.1) is 11.8 Å². The summed E-state index contributed by atoms with van der Waals surface area (Å²) in [6.45, 7) is 2.66. The van der Waals surface area contributed by atoms with Crippen molar-refractivity contribution in [2.75, 3.05) is 19.9 Å². The maximum Gasteiger partial charge on any atom is 0.113 e. The Hall–Kier alpha value is -0.630. The summed E-state index contributed by atoms with van der Waals surface area (Å²) in [5.41, 5.74) is 2.84. The molecule has 1 nitrogen and oxygen atoms in total. The number of halogens is 1. The summed E-state index contributed by atoms with van der Waals surface area (Å²) >= 11 is 0. The van der Waals surface area contributed by atoms with Gasteiger partial charge in [-0.15, -0.1) is 0 Å². The molecule has 0 aromatic carbocycles. The average molecular weight is 182 g/mol. The Morgan fingerprint density at radius 3 is 3.08 bits per heavy atom. The van der Waals surface area contributed by atoms with Crippen molar-refractivity contribution in [3.05, 3.63) is 23.3 Å². The number of rotatable bonds is 4. The van der Waals surface area contributed by atoms with Gasteiger partial charge in [-0.25, -0.2) is 4.39 Å². The zero-order valence-electron chi connectivity index (χ0n) is 7.92. The fourth-order valence-electron chi connectivity index (χ4n) is 1.99. The number of hydrogen-bond acceptors (Lipinski definition) is 1. The van der Waals surface area contributed by atoms with Crippen molar-refractivity contribution in [3.63, 3.8) is 0 Å². The Labute approximate surface area is 78.3 Å². The van der Waals surface area contributed by atoms with Crippen LogP contribution in [0.3, 0.4) is 0 Å². The Kier molecular flexibility index (Phi) is 2.49. The molecule has 0 radical (unpaired) electrons. The minimum atomic E-state index is -0.379. The lowest BCUT2D eigenvalue weighted by atomic mass is 10.0. The molecule has 0 N–H and O–H groups in total. The molecule has 0 aliphatic heterocycles. The zero-order chi connectivity index (χ0) is 9.26. The van der Waals surface area contributed by atoms with Crippen LogP contribution in [0.1, 0.15) is 13.3 Å². The van der Waals surface area contributed by atoms with Crippen molar-refractivity contribution < 1.29 is 9.13 Å². The number of ether oxygens (including phenoxy) is 1. The SMILES string of the molecule is CC1=CC=C(COCCF)C2CC12. The van der Waals surface area contributed by atoms with Crippen molar-refractivity contribution in [1.29, 1.82) is 0 Å². The first-order valence-electron chi connectivity index (χ1n) is 4.84. The molecule has 72 valence electrons. The fraction of sp³-hybridized carbons (Fsp3) is 0.636. The normalized spacial score (nSPS) is 30.6. The van der Waals surface area contributed by atoms with Gasteiger partial charge in [-0.1, -0.05) is 17.7 Å². The molecule has 0 heterocycles. The van der Waals surface area contributed by atoms with E-state index in [2.05, 4.69) is 19.1 Å². The second-order valence-corrected chi connectivity index (χ2v) is 3.84. The first-order chi connectivity index (χ1) is 6.33. The van der Waals surface area contributed by atoms with Crippen LogP contribution in [0.15, 0.2) is 23.3 Å². The molecule has 0 saturated heterocycles. The van der Waals surface area contributed by atoms with E-state index in [0.29, 0.717) is 12.5 Å². The largest absolute Gasteiger partial charge is 0.374 e.